The lowest BCUT2D eigenvalue weighted by Crippen LogP contribution is -2.41. The number of carbonyl (C=O) groups is 1. The van der Waals surface area contributed by atoms with Crippen molar-refractivity contribution in [1.82, 2.24) is 4.90 Å². The van der Waals surface area contributed by atoms with Gasteiger partial charge in [0.1, 0.15) is 0 Å². The van der Waals surface area contributed by atoms with E-state index in [2.05, 4.69) is 0 Å². The number of hydrogen-bond acceptors (Lipinski definition) is 2. The van der Waals surface area contributed by atoms with Gasteiger partial charge < -0.3 is 4.90 Å². The van der Waals surface area contributed by atoms with Crippen LogP contribution in [0.4, 0.5) is 0 Å². The van der Waals surface area contributed by atoms with Gasteiger partial charge in [-0.1, -0.05) is 48.5 Å². The number of fused-ring (bicyclic) bond motifs is 3. The molecule has 0 bridgehead atoms. The van der Waals surface area contributed by atoms with Crippen molar-refractivity contribution in [3.05, 3.63) is 71.3 Å². The molecule has 2 atom stereocenters. The summed E-state index contributed by atoms with van der Waals surface area (Å²) in [6, 6.07) is 17.3. The summed E-state index contributed by atoms with van der Waals surface area (Å²) in [5.74, 6) is 0.532. The van der Waals surface area contributed by atoms with Crippen LogP contribution in [0.3, 0.4) is 0 Å². The molecule has 1 saturated heterocycles. The van der Waals surface area contributed by atoms with E-state index in [1.807, 2.05) is 54.6 Å². The van der Waals surface area contributed by atoms with E-state index in [-0.39, 0.29) is 5.91 Å². The average molecular weight is 283 g/mol. The Labute approximate surface area is 119 Å². The normalized spacial score (nSPS) is 27.5. The Morgan fingerprint density at radius 2 is 1.70 bits per heavy atom. The monoisotopic (exact) mass is 283 g/mol. The topological polar surface area (TPSA) is 37.4 Å². The zero-order valence-electron chi connectivity index (χ0n) is 10.8. The Bertz CT molecular complexity index is 728. The molecule has 20 heavy (non-hydrogen) atoms. The molecule has 2 heterocycles. The highest BCUT2D eigenvalue weighted by molar-refractivity contribution is 7.86. The Morgan fingerprint density at radius 3 is 2.50 bits per heavy atom. The van der Waals surface area contributed by atoms with Gasteiger partial charge in [-0.2, -0.15) is 0 Å². The highest BCUT2D eigenvalue weighted by atomic mass is 32.2. The molecule has 2 aromatic rings. The van der Waals surface area contributed by atoms with E-state index in [9.17, 15) is 9.00 Å². The summed E-state index contributed by atoms with van der Waals surface area (Å²) in [6.07, 6.45) is 0. The largest absolute Gasteiger partial charge is 0.313 e. The van der Waals surface area contributed by atoms with Crippen LogP contribution in [0, 0.1) is 0 Å². The third kappa shape index (κ3) is 1.25. The summed E-state index contributed by atoms with van der Waals surface area (Å²) < 4.78 is 12.8. The Hall–Kier alpha value is -1.94. The maximum absolute atomic E-state index is 12.8. The molecule has 2 aliphatic heterocycles. The van der Waals surface area contributed by atoms with Crippen LogP contribution in [0.2, 0.25) is 0 Å². The van der Waals surface area contributed by atoms with E-state index in [0.717, 1.165) is 11.1 Å². The van der Waals surface area contributed by atoms with Crippen molar-refractivity contribution in [3.8, 4) is 0 Å². The van der Waals surface area contributed by atoms with Crippen molar-refractivity contribution in [2.45, 2.75) is 4.87 Å². The Morgan fingerprint density at radius 1 is 1.00 bits per heavy atom. The maximum atomic E-state index is 12.8. The summed E-state index contributed by atoms with van der Waals surface area (Å²) in [6.45, 7) is 0.551. The first kappa shape index (κ1) is 11.9. The minimum Gasteiger partial charge on any atom is -0.313 e. The molecular formula is C16H13NO2S. The first-order valence-corrected chi connectivity index (χ1v) is 7.93. The molecule has 4 heteroatoms. The zero-order chi connectivity index (χ0) is 13.7. The summed E-state index contributed by atoms with van der Waals surface area (Å²) in [5.41, 5.74) is 2.51. The van der Waals surface area contributed by atoms with Gasteiger partial charge >= 0.3 is 0 Å². The average Bonchev–Trinajstić information content (AvgIpc) is 2.97. The molecule has 2 aliphatic rings. The van der Waals surface area contributed by atoms with E-state index >= 15 is 0 Å². The molecule has 1 amide bonds. The first-order chi connectivity index (χ1) is 9.76. The van der Waals surface area contributed by atoms with Crippen LogP contribution in [0.15, 0.2) is 54.6 Å². The van der Waals surface area contributed by atoms with Crippen molar-refractivity contribution in [1.29, 1.82) is 0 Å². The van der Waals surface area contributed by atoms with Crippen LogP contribution in [-0.2, 0) is 15.7 Å². The highest BCUT2D eigenvalue weighted by Crippen LogP contribution is 2.49. The predicted octanol–water partition coefficient (Wildman–Crippen LogP) is 2.11. The van der Waals surface area contributed by atoms with E-state index < -0.39 is 15.7 Å². The summed E-state index contributed by atoms with van der Waals surface area (Å²) in [5, 5.41) is 0. The van der Waals surface area contributed by atoms with Crippen LogP contribution >= 0.6 is 0 Å². The molecule has 0 spiro atoms. The summed E-state index contributed by atoms with van der Waals surface area (Å²) in [4.78, 5) is 13.6. The fourth-order valence-corrected chi connectivity index (χ4v) is 5.22. The fourth-order valence-electron chi connectivity index (χ4n) is 3.33. The molecule has 2 aromatic carbocycles. The van der Waals surface area contributed by atoms with E-state index in [0.29, 0.717) is 17.9 Å². The minimum atomic E-state index is -1.11. The minimum absolute atomic E-state index is 0.00435. The SMILES string of the molecule is O=C1c2ccccc2C2(c3ccccc3)N1CC[S@]2=O. The number of rotatable bonds is 1. The van der Waals surface area contributed by atoms with Gasteiger partial charge in [-0.25, -0.2) is 0 Å². The van der Waals surface area contributed by atoms with Crippen LogP contribution < -0.4 is 0 Å². The van der Waals surface area contributed by atoms with E-state index in [4.69, 9.17) is 0 Å². The lowest BCUT2D eigenvalue weighted by Gasteiger charge is -2.31. The van der Waals surface area contributed by atoms with Crippen LogP contribution in [0.1, 0.15) is 21.5 Å². The molecule has 0 N–H and O–H groups in total. The summed E-state index contributed by atoms with van der Waals surface area (Å²) in [7, 11) is -1.11. The molecule has 4 rings (SSSR count). The second kappa shape index (κ2) is 4.03. The van der Waals surface area contributed by atoms with Crippen molar-refractivity contribution in [2.24, 2.45) is 0 Å². The standard InChI is InChI=1S/C16H13NO2S/c18-15-13-8-4-5-9-14(13)16(12-6-2-1-3-7-12)17(15)10-11-20(16)19/h1-9H,10-11H2/t16?,20-/m1/s1. The van der Waals surface area contributed by atoms with Crippen LogP contribution in [0.25, 0.3) is 0 Å². The van der Waals surface area contributed by atoms with Gasteiger partial charge in [0, 0.05) is 23.4 Å². The number of hydrogen-bond donors (Lipinski definition) is 0. The first-order valence-electron chi connectivity index (χ1n) is 6.62. The van der Waals surface area contributed by atoms with Gasteiger partial charge in [0.25, 0.3) is 5.91 Å². The molecule has 1 fully saturated rings. The molecule has 0 aromatic heterocycles. The molecule has 3 nitrogen and oxygen atoms in total. The molecule has 1 unspecified atom stereocenters. The van der Waals surface area contributed by atoms with Gasteiger partial charge in [-0.3, -0.25) is 9.00 Å². The molecule has 0 radical (unpaired) electrons. The highest BCUT2D eigenvalue weighted by Gasteiger charge is 2.58. The Balaban J connectivity index is 2.08. The van der Waals surface area contributed by atoms with Crippen molar-refractivity contribution >= 4 is 16.7 Å². The number of nitrogens with zero attached hydrogens (tertiary/aromatic N) is 1. The van der Waals surface area contributed by atoms with Crippen molar-refractivity contribution in [3.63, 3.8) is 0 Å². The zero-order valence-corrected chi connectivity index (χ0v) is 11.6. The third-order valence-electron chi connectivity index (χ3n) is 4.14. The third-order valence-corrected chi connectivity index (χ3v) is 6.03. The molecule has 0 aliphatic carbocycles. The number of carbonyl (C=O) groups excluding carboxylic acids is 1. The van der Waals surface area contributed by atoms with Gasteiger partial charge in [-0.15, -0.1) is 0 Å². The lowest BCUT2D eigenvalue weighted by atomic mass is 9.97. The van der Waals surface area contributed by atoms with E-state index in [1.54, 1.807) is 4.90 Å². The van der Waals surface area contributed by atoms with Crippen molar-refractivity contribution < 1.29 is 9.00 Å². The second-order valence-electron chi connectivity index (χ2n) is 5.06. The number of benzene rings is 2. The van der Waals surface area contributed by atoms with Crippen LogP contribution in [-0.4, -0.2) is 27.3 Å². The molecule has 100 valence electrons. The lowest BCUT2D eigenvalue weighted by molar-refractivity contribution is 0.0750. The van der Waals surface area contributed by atoms with Gasteiger partial charge in [-0.05, 0) is 11.6 Å². The summed E-state index contributed by atoms with van der Waals surface area (Å²) >= 11 is 0. The Kier molecular flexibility index (Phi) is 2.39. The second-order valence-corrected chi connectivity index (χ2v) is 6.75. The van der Waals surface area contributed by atoms with Crippen LogP contribution in [0.5, 0.6) is 0 Å². The smallest absolute Gasteiger partial charge is 0.256 e. The van der Waals surface area contributed by atoms with Gasteiger partial charge in [0.2, 0.25) is 0 Å². The quantitative estimate of drug-likeness (QED) is 0.804. The molecular weight excluding hydrogens is 270 g/mol. The van der Waals surface area contributed by atoms with Gasteiger partial charge in [0.05, 0.1) is 10.8 Å². The van der Waals surface area contributed by atoms with Crippen molar-refractivity contribution in [2.75, 3.05) is 12.3 Å². The van der Waals surface area contributed by atoms with Gasteiger partial charge in [0.15, 0.2) is 4.87 Å². The number of amides is 1. The van der Waals surface area contributed by atoms with E-state index in [1.165, 1.54) is 0 Å². The predicted molar refractivity (Wildman–Crippen MR) is 77.7 cm³/mol. The molecule has 0 saturated carbocycles. The maximum Gasteiger partial charge on any atom is 0.256 e. The fraction of sp³-hybridized carbons (Fsp3) is 0.188.